The number of hydrogen-bond acceptors (Lipinski definition) is 5. The fourth-order valence-corrected chi connectivity index (χ4v) is 3.59. The summed E-state index contributed by atoms with van der Waals surface area (Å²) in [5, 5.41) is 8.03. The second-order valence-corrected chi connectivity index (χ2v) is 8.53. The number of aromatic nitrogens is 5. The first-order valence-corrected chi connectivity index (χ1v) is 10.2. The molecule has 7 nitrogen and oxygen atoms in total. The molecule has 2 aromatic carbocycles. The molecule has 0 saturated carbocycles. The van der Waals surface area contributed by atoms with Gasteiger partial charge in [0.25, 0.3) is 0 Å². The lowest BCUT2D eigenvalue weighted by molar-refractivity contribution is 0.416. The highest BCUT2D eigenvalue weighted by Gasteiger charge is 2.18. The van der Waals surface area contributed by atoms with E-state index in [2.05, 4.69) is 36.1 Å². The largest absolute Gasteiger partial charge is 0.496 e. The number of para-hydroxylation sites is 1. The minimum atomic E-state index is -0.0376. The molecule has 2 N–H and O–H groups in total. The molecular formula is C24H24N6O. The lowest BCUT2D eigenvalue weighted by atomic mass is 9.96. The van der Waals surface area contributed by atoms with Crippen LogP contribution in [-0.2, 0) is 5.41 Å². The van der Waals surface area contributed by atoms with Crippen molar-refractivity contribution in [2.45, 2.75) is 26.2 Å². The van der Waals surface area contributed by atoms with E-state index < -0.39 is 0 Å². The average Bonchev–Trinajstić information content (AvgIpc) is 3.37. The van der Waals surface area contributed by atoms with Crippen molar-refractivity contribution in [1.82, 2.24) is 24.6 Å². The third kappa shape index (κ3) is 3.48. The Morgan fingerprint density at radius 3 is 2.68 bits per heavy atom. The summed E-state index contributed by atoms with van der Waals surface area (Å²) in [5.41, 5.74) is 5.60. The van der Waals surface area contributed by atoms with Crippen LogP contribution >= 0.6 is 0 Å². The van der Waals surface area contributed by atoms with Gasteiger partial charge in [-0.25, -0.2) is 14.5 Å². The van der Waals surface area contributed by atoms with Crippen LogP contribution in [0.5, 0.6) is 5.75 Å². The van der Waals surface area contributed by atoms with Gasteiger partial charge in [0.05, 0.1) is 35.6 Å². The van der Waals surface area contributed by atoms with Gasteiger partial charge in [-0.1, -0.05) is 32.9 Å². The number of ether oxygens (including phenoxy) is 1. The Hall–Kier alpha value is -3.87. The minimum Gasteiger partial charge on any atom is -0.496 e. The number of rotatable bonds is 4. The van der Waals surface area contributed by atoms with E-state index >= 15 is 0 Å². The number of methoxy groups -OCH3 is 1. The van der Waals surface area contributed by atoms with Crippen LogP contribution in [0.2, 0.25) is 0 Å². The lowest BCUT2D eigenvalue weighted by Crippen LogP contribution is -2.12. The summed E-state index contributed by atoms with van der Waals surface area (Å²) in [5.74, 6) is 2.27. The molecule has 0 fully saturated rings. The first-order chi connectivity index (χ1) is 14.9. The molecule has 0 saturated heterocycles. The van der Waals surface area contributed by atoms with Crippen LogP contribution in [0.1, 0.15) is 26.6 Å². The fraction of sp³-hybridized carbons (Fsp3) is 0.208. The number of nitrogens with zero attached hydrogens (tertiary/aromatic N) is 4. The van der Waals surface area contributed by atoms with Crippen molar-refractivity contribution in [2.24, 2.45) is 0 Å². The van der Waals surface area contributed by atoms with Crippen LogP contribution in [0.3, 0.4) is 0 Å². The van der Waals surface area contributed by atoms with Gasteiger partial charge in [0, 0.05) is 16.7 Å². The van der Waals surface area contributed by atoms with Crippen molar-refractivity contribution < 1.29 is 4.74 Å². The summed E-state index contributed by atoms with van der Waals surface area (Å²) >= 11 is 0. The Labute approximate surface area is 180 Å². The van der Waals surface area contributed by atoms with Crippen molar-refractivity contribution in [2.75, 3.05) is 12.4 Å². The highest BCUT2D eigenvalue weighted by Crippen LogP contribution is 2.31. The molecule has 0 amide bonds. The predicted octanol–water partition coefficient (Wildman–Crippen LogP) is 5.32. The van der Waals surface area contributed by atoms with Gasteiger partial charge in [0.2, 0.25) is 5.95 Å². The Morgan fingerprint density at radius 1 is 1.03 bits per heavy atom. The summed E-state index contributed by atoms with van der Waals surface area (Å²) in [6, 6.07) is 17.9. The summed E-state index contributed by atoms with van der Waals surface area (Å²) in [4.78, 5) is 12.6. The SMILES string of the molecule is COc1ccccc1-c1ccc2cnc(Nc3ccc4nc(C(C)(C)C)[nH]c4c3)nn12. The van der Waals surface area contributed by atoms with Gasteiger partial charge in [-0.2, -0.15) is 0 Å². The van der Waals surface area contributed by atoms with Crippen LogP contribution in [0.15, 0.2) is 60.8 Å². The maximum atomic E-state index is 5.53. The van der Waals surface area contributed by atoms with E-state index in [9.17, 15) is 0 Å². The lowest BCUT2D eigenvalue weighted by Gasteiger charge is -2.13. The molecule has 0 unspecified atom stereocenters. The van der Waals surface area contributed by atoms with Crippen LogP contribution in [0.4, 0.5) is 11.6 Å². The van der Waals surface area contributed by atoms with Gasteiger partial charge in [-0.15, -0.1) is 5.10 Å². The summed E-state index contributed by atoms with van der Waals surface area (Å²) in [7, 11) is 1.67. The smallest absolute Gasteiger partial charge is 0.245 e. The third-order valence-electron chi connectivity index (χ3n) is 5.23. The zero-order valence-electron chi connectivity index (χ0n) is 18.0. The van der Waals surface area contributed by atoms with Crippen molar-refractivity contribution in [3.63, 3.8) is 0 Å². The highest BCUT2D eigenvalue weighted by atomic mass is 16.5. The van der Waals surface area contributed by atoms with Crippen molar-refractivity contribution >= 4 is 28.2 Å². The Kier molecular flexibility index (Phi) is 4.39. The topological polar surface area (TPSA) is 80.1 Å². The van der Waals surface area contributed by atoms with E-state index in [1.165, 1.54) is 0 Å². The summed E-state index contributed by atoms with van der Waals surface area (Å²) in [6.07, 6.45) is 1.81. The van der Waals surface area contributed by atoms with Crippen molar-refractivity contribution in [3.8, 4) is 17.0 Å². The number of benzene rings is 2. The molecule has 0 radical (unpaired) electrons. The second kappa shape index (κ2) is 7.12. The molecule has 3 aromatic heterocycles. The van der Waals surface area contributed by atoms with E-state index in [4.69, 9.17) is 14.8 Å². The van der Waals surface area contributed by atoms with E-state index in [1.54, 1.807) is 13.3 Å². The van der Waals surface area contributed by atoms with E-state index in [-0.39, 0.29) is 5.41 Å². The van der Waals surface area contributed by atoms with Gasteiger partial charge in [0.1, 0.15) is 11.6 Å². The standard InChI is InChI=1S/C24H24N6O/c1-24(2,3)22-27-18-11-9-15(13-19(18)28-22)26-23-25-14-16-10-12-20(30(16)29-23)17-7-5-6-8-21(17)31-4/h5-14H,1-4H3,(H,26,29)(H,27,28). The molecule has 7 heteroatoms. The van der Waals surface area contributed by atoms with Gasteiger partial charge >= 0.3 is 0 Å². The molecule has 3 heterocycles. The van der Waals surface area contributed by atoms with Gasteiger partial charge in [0.15, 0.2) is 0 Å². The zero-order chi connectivity index (χ0) is 21.6. The van der Waals surface area contributed by atoms with Crippen LogP contribution in [0, 0.1) is 0 Å². The molecule has 156 valence electrons. The van der Waals surface area contributed by atoms with E-state index in [0.717, 1.165) is 45.1 Å². The number of imidazole rings is 1. The van der Waals surface area contributed by atoms with Gasteiger partial charge in [-0.3, -0.25) is 0 Å². The molecule has 0 atom stereocenters. The third-order valence-corrected chi connectivity index (χ3v) is 5.23. The maximum absolute atomic E-state index is 5.53. The van der Waals surface area contributed by atoms with Crippen molar-refractivity contribution in [3.05, 3.63) is 66.6 Å². The van der Waals surface area contributed by atoms with Crippen LogP contribution < -0.4 is 10.1 Å². The fourth-order valence-electron chi connectivity index (χ4n) is 3.59. The molecule has 0 bridgehead atoms. The predicted molar refractivity (Wildman–Crippen MR) is 123 cm³/mol. The minimum absolute atomic E-state index is 0.0376. The quantitative estimate of drug-likeness (QED) is 0.417. The average molecular weight is 412 g/mol. The van der Waals surface area contributed by atoms with Crippen molar-refractivity contribution in [1.29, 1.82) is 0 Å². The Bertz CT molecular complexity index is 1390. The monoisotopic (exact) mass is 412 g/mol. The maximum Gasteiger partial charge on any atom is 0.245 e. The second-order valence-electron chi connectivity index (χ2n) is 8.53. The molecule has 5 rings (SSSR count). The highest BCUT2D eigenvalue weighted by molar-refractivity contribution is 5.80. The summed E-state index contributed by atoms with van der Waals surface area (Å²) < 4.78 is 7.40. The molecule has 5 aromatic rings. The number of fused-ring (bicyclic) bond motifs is 2. The van der Waals surface area contributed by atoms with Crippen LogP contribution in [-0.4, -0.2) is 31.7 Å². The number of anilines is 2. The number of H-pyrrole nitrogens is 1. The first-order valence-electron chi connectivity index (χ1n) is 10.2. The zero-order valence-corrected chi connectivity index (χ0v) is 18.0. The summed E-state index contributed by atoms with van der Waals surface area (Å²) in [6.45, 7) is 6.43. The number of aromatic amines is 1. The molecule has 0 aliphatic carbocycles. The molecule has 0 aliphatic rings. The molecule has 31 heavy (non-hydrogen) atoms. The normalized spacial score (nSPS) is 11.9. The first kappa shape index (κ1) is 19.1. The molecular weight excluding hydrogens is 388 g/mol. The van der Waals surface area contributed by atoms with Gasteiger partial charge in [-0.05, 0) is 42.5 Å². The number of nitrogens with one attached hydrogen (secondary N) is 2. The van der Waals surface area contributed by atoms with E-state index in [1.807, 2.05) is 59.1 Å². The Balaban J connectivity index is 1.51. The molecule has 0 aliphatic heterocycles. The van der Waals surface area contributed by atoms with Gasteiger partial charge < -0.3 is 15.0 Å². The number of hydrogen-bond donors (Lipinski definition) is 2. The Morgan fingerprint density at radius 2 is 1.87 bits per heavy atom. The molecule has 0 spiro atoms. The van der Waals surface area contributed by atoms with Crippen LogP contribution in [0.25, 0.3) is 27.8 Å². The van der Waals surface area contributed by atoms with E-state index in [0.29, 0.717) is 5.95 Å².